The van der Waals surface area contributed by atoms with Crippen LogP contribution in [0, 0.1) is 0 Å². The SMILES string of the molecule is c1ccc(-c2cc(-c3ccccc3)nc(-c3ccc(-c4ccc5ccc6ccc(-c7ccccc7)nc6c5n4)c4ccccc34)n2)cc1. The Morgan fingerprint density at radius 1 is 0.292 bits per heavy atom. The largest absolute Gasteiger partial charge is 0.245 e. The number of aromatic nitrogens is 4. The van der Waals surface area contributed by atoms with Crippen LogP contribution in [-0.4, -0.2) is 19.9 Å². The van der Waals surface area contributed by atoms with Crippen LogP contribution in [0.3, 0.4) is 0 Å². The van der Waals surface area contributed by atoms with Crippen LogP contribution in [0.5, 0.6) is 0 Å². The van der Waals surface area contributed by atoms with Crippen molar-refractivity contribution in [2.24, 2.45) is 0 Å². The number of benzene rings is 6. The summed E-state index contributed by atoms with van der Waals surface area (Å²) in [5, 5.41) is 4.29. The van der Waals surface area contributed by atoms with Gasteiger partial charge in [0.2, 0.25) is 0 Å². The monoisotopic (exact) mass is 612 g/mol. The van der Waals surface area contributed by atoms with Gasteiger partial charge >= 0.3 is 0 Å². The molecule has 6 aromatic carbocycles. The maximum atomic E-state index is 5.27. The van der Waals surface area contributed by atoms with Gasteiger partial charge in [-0.2, -0.15) is 0 Å². The topological polar surface area (TPSA) is 51.6 Å². The van der Waals surface area contributed by atoms with Gasteiger partial charge in [-0.05, 0) is 35.0 Å². The van der Waals surface area contributed by atoms with Crippen molar-refractivity contribution in [3.05, 3.63) is 170 Å². The Hall–Kier alpha value is -6.52. The first-order chi connectivity index (χ1) is 23.8. The number of fused-ring (bicyclic) bond motifs is 4. The van der Waals surface area contributed by atoms with Crippen LogP contribution in [0.4, 0.5) is 0 Å². The predicted octanol–water partition coefficient (Wildman–Crippen LogP) is 11.1. The van der Waals surface area contributed by atoms with E-state index >= 15 is 0 Å². The Kier molecular flexibility index (Phi) is 6.76. The molecule has 4 nitrogen and oxygen atoms in total. The minimum absolute atomic E-state index is 0.688. The van der Waals surface area contributed by atoms with Gasteiger partial charge in [-0.25, -0.2) is 19.9 Å². The van der Waals surface area contributed by atoms with Crippen molar-refractivity contribution in [1.29, 1.82) is 0 Å². The number of rotatable bonds is 5. The molecular formula is C44H28N4. The smallest absolute Gasteiger partial charge is 0.161 e. The molecule has 0 aliphatic carbocycles. The van der Waals surface area contributed by atoms with Crippen LogP contribution in [0.2, 0.25) is 0 Å². The van der Waals surface area contributed by atoms with Gasteiger partial charge in [0.15, 0.2) is 5.82 Å². The van der Waals surface area contributed by atoms with E-state index in [1.165, 1.54) is 0 Å². The van der Waals surface area contributed by atoms with Gasteiger partial charge in [0, 0.05) is 38.6 Å². The van der Waals surface area contributed by atoms with Gasteiger partial charge in [0.25, 0.3) is 0 Å². The first-order valence-corrected chi connectivity index (χ1v) is 16.1. The van der Waals surface area contributed by atoms with Crippen LogP contribution in [0.15, 0.2) is 170 Å². The summed E-state index contributed by atoms with van der Waals surface area (Å²) < 4.78 is 0. The molecule has 48 heavy (non-hydrogen) atoms. The zero-order chi connectivity index (χ0) is 31.9. The van der Waals surface area contributed by atoms with Crippen LogP contribution in [0.1, 0.15) is 0 Å². The maximum absolute atomic E-state index is 5.27. The summed E-state index contributed by atoms with van der Waals surface area (Å²) in [5.74, 6) is 0.688. The highest BCUT2D eigenvalue weighted by molar-refractivity contribution is 6.07. The van der Waals surface area contributed by atoms with Crippen LogP contribution < -0.4 is 0 Å². The molecule has 0 fully saturated rings. The standard InChI is InChI=1S/C44H28N4/c1-4-12-29(13-5-1)38-26-22-32-20-21-33-23-27-39(46-43(33)42(32)45-38)36-24-25-37(35-19-11-10-18-34(35)36)44-47-40(30-14-6-2-7-15-30)28-41(48-44)31-16-8-3-9-17-31/h1-28H. The molecule has 0 saturated carbocycles. The minimum Gasteiger partial charge on any atom is -0.245 e. The summed E-state index contributed by atoms with van der Waals surface area (Å²) >= 11 is 0. The van der Waals surface area contributed by atoms with E-state index < -0.39 is 0 Å². The molecule has 0 saturated heterocycles. The van der Waals surface area contributed by atoms with E-state index in [2.05, 4.69) is 115 Å². The quantitative estimate of drug-likeness (QED) is 0.181. The second-order valence-electron chi connectivity index (χ2n) is 11.9. The van der Waals surface area contributed by atoms with Crippen molar-refractivity contribution in [1.82, 2.24) is 19.9 Å². The van der Waals surface area contributed by atoms with Crippen molar-refractivity contribution in [3.63, 3.8) is 0 Å². The van der Waals surface area contributed by atoms with E-state index in [-0.39, 0.29) is 0 Å². The average molecular weight is 613 g/mol. The number of pyridine rings is 2. The molecule has 9 aromatic rings. The maximum Gasteiger partial charge on any atom is 0.161 e. The van der Waals surface area contributed by atoms with Gasteiger partial charge < -0.3 is 0 Å². The van der Waals surface area contributed by atoms with Crippen LogP contribution >= 0.6 is 0 Å². The molecule has 3 heterocycles. The summed E-state index contributed by atoms with van der Waals surface area (Å²) in [6.45, 7) is 0. The third-order valence-corrected chi connectivity index (χ3v) is 8.90. The fourth-order valence-electron chi connectivity index (χ4n) is 6.49. The fourth-order valence-corrected chi connectivity index (χ4v) is 6.49. The van der Waals surface area contributed by atoms with Crippen LogP contribution in [-0.2, 0) is 0 Å². The Balaban J connectivity index is 1.22. The van der Waals surface area contributed by atoms with Crippen molar-refractivity contribution >= 4 is 32.6 Å². The Morgan fingerprint density at radius 2 is 0.708 bits per heavy atom. The van der Waals surface area contributed by atoms with Crippen molar-refractivity contribution in [2.75, 3.05) is 0 Å². The van der Waals surface area contributed by atoms with E-state index in [1.807, 2.05) is 54.6 Å². The molecule has 0 aliphatic heterocycles. The van der Waals surface area contributed by atoms with E-state index in [9.17, 15) is 0 Å². The average Bonchev–Trinajstić information content (AvgIpc) is 3.18. The third-order valence-electron chi connectivity index (χ3n) is 8.90. The molecule has 4 heteroatoms. The highest BCUT2D eigenvalue weighted by Gasteiger charge is 2.16. The lowest BCUT2D eigenvalue weighted by atomic mass is 9.96. The van der Waals surface area contributed by atoms with Gasteiger partial charge in [0.05, 0.1) is 33.8 Å². The molecule has 0 aliphatic rings. The Morgan fingerprint density at radius 3 is 1.27 bits per heavy atom. The first kappa shape index (κ1) is 27.8. The summed E-state index contributed by atoms with van der Waals surface area (Å²) in [6.07, 6.45) is 0. The lowest BCUT2D eigenvalue weighted by molar-refractivity contribution is 1.19. The summed E-state index contributed by atoms with van der Waals surface area (Å²) in [5.41, 5.74) is 10.6. The van der Waals surface area contributed by atoms with Crippen molar-refractivity contribution < 1.29 is 0 Å². The van der Waals surface area contributed by atoms with Crippen LogP contribution in [0.25, 0.3) is 89.0 Å². The van der Waals surface area contributed by atoms with Crippen molar-refractivity contribution in [2.45, 2.75) is 0 Å². The van der Waals surface area contributed by atoms with E-state index in [0.29, 0.717) is 5.82 Å². The lowest BCUT2D eigenvalue weighted by Gasteiger charge is -2.14. The molecule has 0 atom stereocenters. The Bertz CT molecular complexity index is 2540. The van der Waals surface area contributed by atoms with Gasteiger partial charge in [-0.3, -0.25) is 0 Å². The first-order valence-electron chi connectivity index (χ1n) is 16.1. The van der Waals surface area contributed by atoms with Crippen molar-refractivity contribution in [3.8, 4) is 56.4 Å². The molecule has 0 radical (unpaired) electrons. The highest BCUT2D eigenvalue weighted by Crippen LogP contribution is 2.37. The molecule has 224 valence electrons. The molecule has 0 unspecified atom stereocenters. The molecule has 3 aromatic heterocycles. The molecule has 9 rings (SSSR count). The van der Waals surface area contributed by atoms with E-state index in [1.54, 1.807) is 0 Å². The fraction of sp³-hybridized carbons (Fsp3) is 0. The zero-order valence-electron chi connectivity index (χ0n) is 26.0. The van der Waals surface area contributed by atoms with Gasteiger partial charge in [0.1, 0.15) is 0 Å². The predicted molar refractivity (Wildman–Crippen MR) is 197 cm³/mol. The zero-order valence-corrected chi connectivity index (χ0v) is 26.0. The lowest BCUT2D eigenvalue weighted by Crippen LogP contribution is -1.97. The normalized spacial score (nSPS) is 11.3. The Labute approximate surface area is 278 Å². The third kappa shape index (κ3) is 4.97. The molecule has 0 spiro atoms. The highest BCUT2D eigenvalue weighted by atomic mass is 14.9. The second kappa shape index (κ2) is 11.7. The van der Waals surface area contributed by atoms with Gasteiger partial charge in [-0.15, -0.1) is 0 Å². The summed E-state index contributed by atoms with van der Waals surface area (Å²) in [4.78, 5) is 20.6. The number of hydrogen-bond acceptors (Lipinski definition) is 4. The van der Waals surface area contributed by atoms with Gasteiger partial charge in [-0.1, -0.05) is 146 Å². The number of hydrogen-bond donors (Lipinski definition) is 0. The number of nitrogens with zero attached hydrogens (tertiary/aromatic N) is 4. The molecule has 0 N–H and O–H groups in total. The minimum atomic E-state index is 0.688. The molecule has 0 amide bonds. The second-order valence-corrected chi connectivity index (χ2v) is 11.9. The molecule has 0 bridgehead atoms. The summed E-state index contributed by atoms with van der Waals surface area (Å²) in [7, 11) is 0. The molecular weight excluding hydrogens is 585 g/mol. The summed E-state index contributed by atoms with van der Waals surface area (Å²) in [6, 6.07) is 58.4. The van der Waals surface area contributed by atoms with E-state index in [0.717, 1.165) is 83.2 Å². The van der Waals surface area contributed by atoms with E-state index in [4.69, 9.17) is 19.9 Å².